The van der Waals surface area contributed by atoms with Crippen LogP contribution in [0.25, 0.3) is 11.1 Å². The molecular formula is C18H21NO2. The molecule has 2 aromatic rings. The van der Waals surface area contributed by atoms with Crippen LogP contribution in [0.4, 0.5) is 0 Å². The molecule has 0 radical (unpaired) electrons. The molecule has 1 heterocycles. The van der Waals surface area contributed by atoms with Crippen LogP contribution < -0.4 is 5.73 Å². The van der Waals surface area contributed by atoms with Gasteiger partial charge in [-0.3, -0.25) is 0 Å². The fourth-order valence-electron chi connectivity index (χ4n) is 2.95. The second-order valence-electron chi connectivity index (χ2n) is 5.76. The summed E-state index contributed by atoms with van der Waals surface area (Å²) in [5.74, 6) is 0. The third kappa shape index (κ3) is 2.72. The molecule has 2 atom stereocenters. The van der Waals surface area contributed by atoms with E-state index in [0.29, 0.717) is 19.8 Å². The quantitative estimate of drug-likeness (QED) is 0.907. The first-order valence-corrected chi connectivity index (χ1v) is 7.36. The Morgan fingerprint density at radius 1 is 1.05 bits per heavy atom. The highest BCUT2D eigenvalue weighted by Crippen LogP contribution is 2.40. The molecule has 110 valence electrons. The van der Waals surface area contributed by atoms with Gasteiger partial charge >= 0.3 is 0 Å². The number of hydrogen-bond donors (Lipinski definition) is 2. The zero-order valence-corrected chi connectivity index (χ0v) is 12.0. The van der Waals surface area contributed by atoms with Gasteiger partial charge in [0.15, 0.2) is 0 Å². The molecule has 1 aliphatic heterocycles. The standard InChI is InChI=1S/C18H21NO2/c19-12-18(10-11-21-13-18)17(20)16-8-6-15(7-9-16)14-4-2-1-3-5-14/h1-9,17,20H,10-13,19H2. The van der Waals surface area contributed by atoms with Crippen molar-refractivity contribution in [1.29, 1.82) is 0 Å². The average molecular weight is 283 g/mol. The lowest BCUT2D eigenvalue weighted by Crippen LogP contribution is -2.37. The van der Waals surface area contributed by atoms with E-state index in [4.69, 9.17) is 10.5 Å². The van der Waals surface area contributed by atoms with Gasteiger partial charge < -0.3 is 15.6 Å². The molecule has 2 unspecified atom stereocenters. The fourth-order valence-corrected chi connectivity index (χ4v) is 2.95. The maximum Gasteiger partial charge on any atom is 0.0881 e. The van der Waals surface area contributed by atoms with E-state index in [2.05, 4.69) is 12.1 Å². The van der Waals surface area contributed by atoms with Crippen LogP contribution in [-0.2, 0) is 4.74 Å². The Morgan fingerprint density at radius 2 is 1.71 bits per heavy atom. The van der Waals surface area contributed by atoms with Gasteiger partial charge in [-0.05, 0) is 23.1 Å². The molecule has 1 saturated heterocycles. The molecule has 0 aromatic heterocycles. The minimum atomic E-state index is -0.574. The van der Waals surface area contributed by atoms with E-state index >= 15 is 0 Å². The summed E-state index contributed by atoms with van der Waals surface area (Å²) in [6.07, 6.45) is 0.236. The van der Waals surface area contributed by atoms with Gasteiger partial charge in [-0.1, -0.05) is 54.6 Å². The van der Waals surface area contributed by atoms with Crippen molar-refractivity contribution in [2.45, 2.75) is 12.5 Å². The summed E-state index contributed by atoms with van der Waals surface area (Å²) < 4.78 is 5.45. The first-order chi connectivity index (χ1) is 10.2. The Morgan fingerprint density at radius 3 is 2.29 bits per heavy atom. The number of ether oxygens (including phenoxy) is 1. The summed E-state index contributed by atoms with van der Waals surface area (Å²) >= 11 is 0. The number of rotatable bonds is 4. The Labute approximate surface area is 125 Å². The van der Waals surface area contributed by atoms with Crippen LogP contribution in [0.15, 0.2) is 54.6 Å². The first-order valence-electron chi connectivity index (χ1n) is 7.36. The number of aliphatic hydroxyl groups excluding tert-OH is 1. The van der Waals surface area contributed by atoms with E-state index in [9.17, 15) is 5.11 Å². The number of nitrogens with two attached hydrogens (primary N) is 1. The van der Waals surface area contributed by atoms with E-state index < -0.39 is 6.10 Å². The van der Waals surface area contributed by atoms with Crippen molar-refractivity contribution in [2.24, 2.45) is 11.1 Å². The van der Waals surface area contributed by atoms with E-state index in [1.165, 1.54) is 5.56 Å². The number of aliphatic hydroxyl groups is 1. The van der Waals surface area contributed by atoms with Crippen molar-refractivity contribution in [3.05, 3.63) is 60.2 Å². The van der Waals surface area contributed by atoms with Gasteiger partial charge in [0, 0.05) is 18.6 Å². The van der Waals surface area contributed by atoms with Gasteiger partial charge in [0.25, 0.3) is 0 Å². The van der Waals surface area contributed by atoms with Crippen molar-refractivity contribution in [3.8, 4) is 11.1 Å². The van der Waals surface area contributed by atoms with Crippen molar-refractivity contribution in [3.63, 3.8) is 0 Å². The average Bonchev–Trinajstić information content (AvgIpc) is 3.05. The van der Waals surface area contributed by atoms with Crippen molar-refractivity contribution >= 4 is 0 Å². The third-order valence-corrected chi connectivity index (χ3v) is 4.45. The van der Waals surface area contributed by atoms with E-state index in [-0.39, 0.29) is 5.41 Å². The molecule has 3 rings (SSSR count). The predicted octanol–water partition coefficient (Wildman–Crippen LogP) is 2.75. The second-order valence-corrected chi connectivity index (χ2v) is 5.76. The van der Waals surface area contributed by atoms with Crippen molar-refractivity contribution < 1.29 is 9.84 Å². The maximum atomic E-state index is 10.7. The van der Waals surface area contributed by atoms with Gasteiger partial charge in [0.05, 0.1) is 12.7 Å². The molecule has 0 aliphatic carbocycles. The minimum Gasteiger partial charge on any atom is -0.388 e. The summed E-state index contributed by atoms with van der Waals surface area (Å²) in [5, 5.41) is 10.7. The largest absolute Gasteiger partial charge is 0.388 e. The zero-order chi connectivity index (χ0) is 14.7. The maximum absolute atomic E-state index is 10.7. The Hall–Kier alpha value is -1.68. The first kappa shape index (κ1) is 14.3. The molecule has 0 amide bonds. The molecule has 3 N–H and O–H groups in total. The lowest BCUT2D eigenvalue weighted by atomic mass is 9.78. The number of benzene rings is 2. The van der Waals surface area contributed by atoms with Crippen LogP contribution in [0.2, 0.25) is 0 Å². The highest BCUT2D eigenvalue weighted by atomic mass is 16.5. The van der Waals surface area contributed by atoms with E-state index in [1.54, 1.807) is 0 Å². The van der Waals surface area contributed by atoms with Crippen molar-refractivity contribution in [2.75, 3.05) is 19.8 Å². The van der Waals surface area contributed by atoms with Gasteiger partial charge in [-0.15, -0.1) is 0 Å². The normalized spacial score (nSPS) is 23.1. The molecule has 21 heavy (non-hydrogen) atoms. The van der Waals surface area contributed by atoms with E-state index in [1.807, 2.05) is 42.5 Å². The summed E-state index contributed by atoms with van der Waals surface area (Å²) in [5.41, 5.74) is 8.78. The lowest BCUT2D eigenvalue weighted by molar-refractivity contribution is 0.0191. The summed E-state index contributed by atoms with van der Waals surface area (Å²) in [6, 6.07) is 18.3. The molecule has 1 aliphatic rings. The Kier molecular flexibility index (Phi) is 4.06. The molecule has 0 bridgehead atoms. The molecule has 3 heteroatoms. The monoisotopic (exact) mass is 283 g/mol. The van der Waals surface area contributed by atoms with Crippen molar-refractivity contribution in [1.82, 2.24) is 0 Å². The SMILES string of the molecule is NCC1(C(O)c2ccc(-c3ccccc3)cc2)CCOC1. The fraction of sp³-hybridized carbons (Fsp3) is 0.333. The van der Waals surface area contributed by atoms with Crippen LogP contribution >= 0.6 is 0 Å². The molecule has 1 fully saturated rings. The second kappa shape index (κ2) is 5.98. The minimum absolute atomic E-state index is 0.339. The molecule has 3 nitrogen and oxygen atoms in total. The highest BCUT2D eigenvalue weighted by Gasteiger charge is 2.41. The summed E-state index contributed by atoms with van der Waals surface area (Å²) in [6.45, 7) is 1.65. The van der Waals surface area contributed by atoms with Gasteiger partial charge in [0.1, 0.15) is 0 Å². The molecular weight excluding hydrogens is 262 g/mol. The highest BCUT2D eigenvalue weighted by molar-refractivity contribution is 5.63. The lowest BCUT2D eigenvalue weighted by Gasteiger charge is -2.31. The van der Waals surface area contributed by atoms with Crippen LogP contribution in [0.3, 0.4) is 0 Å². The van der Waals surface area contributed by atoms with Gasteiger partial charge in [0.2, 0.25) is 0 Å². The van der Waals surface area contributed by atoms with Gasteiger partial charge in [-0.2, -0.15) is 0 Å². The predicted molar refractivity (Wildman–Crippen MR) is 83.8 cm³/mol. The van der Waals surface area contributed by atoms with Gasteiger partial charge in [-0.25, -0.2) is 0 Å². The smallest absolute Gasteiger partial charge is 0.0881 e. The summed E-state index contributed by atoms with van der Waals surface area (Å²) in [4.78, 5) is 0. The summed E-state index contributed by atoms with van der Waals surface area (Å²) in [7, 11) is 0. The molecule has 0 spiro atoms. The number of hydrogen-bond acceptors (Lipinski definition) is 3. The van der Waals surface area contributed by atoms with Crippen LogP contribution in [0.5, 0.6) is 0 Å². The zero-order valence-electron chi connectivity index (χ0n) is 12.0. The molecule has 0 saturated carbocycles. The third-order valence-electron chi connectivity index (χ3n) is 4.45. The Bertz CT molecular complexity index is 574. The van der Waals surface area contributed by atoms with Crippen LogP contribution in [-0.4, -0.2) is 24.9 Å². The van der Waals surface area contributed by atoms with E-state index in [0.717, 1.165) is 17.5 Å². The Balaban J connectivity index is 1.84. The van der Waals surface area contributed by atoms with Crippen LogP contribution in [0.1, 0.15) is 18.1 Å². The topological polar surface area (TPSA) is 55.5 Å². The van der Waals surface area contributed by atoms with Crippen LogP contribution in [0, 0.1) is 5.41 Å². The molecule has 2 aromatic carbocycles.